The van der Waals surface area contributed by atoms with Crippen LogP contribution in [0.2, 0.25) is 0 Å². The number of thiocarbonyl (C=S) groups is 1. The van der Waals surface area contributed by atoms with E-state index in [2.05, 4.69) is 24.5 Å². The second kappa shape index (κ2) is 6.65. The van der Waals surface area contributed by atoms with Crippen molar-refractivity contribution in [1.29, 1.82) is 0 Å². The summed E-state index contributed by atoms with van der Waals surface area (Å²) in [5.41, 5.74) is 5.30. The van der Waals surface area contributed by atoms with Gasteiger partial charge < -0.3 is 16.0 Å². The highest BCUT2D eigenvalue weighted by molar-refractivity contribution is 7.80. The number of unbranched alkanes of at least 4 members (excludes halogenated alkanes) is 1. The van der Waals surface area contributed by atoms with E-state index in [-0.39, 0.29) is 6.03 Å². The lowest BCUT2D eigenvalue weighted by Crippen LogP contribution is -2.41. The van der Waals surface area contributed by atoms with Crippen molar-refractivity contribution in [3.05, 3.63) is 0 Å². The minimum absolute atomic E-state index is 0.124. The van der Waals surface area contributed by atoms with Gasteiger partial charge >= 0.3 is 6.03 Å². The summed E-state index contributed by atoms with van der Waals surface area (Å²) >= 11 is 4.68. The number of urea groups is 1. The van der Waals surface area contributed by atoms with Gasteiger partial charge in [-0.05, 0) is 6.42 Å². The van der Waals surface area contributed by atoms with Crippen molar-refractivity contribution < 1.29 is 4.79 Å². The summed E-state index contributed by atoms with van der Waals surface area (Å²) in [6.07, 6.45) is 2.06. The minimum Gasteiger partial charge on any atom is -0.392 e. The third-order valence-electron chi connectivity index (χ3n) is 1.55. The average Bonchev–Trinajstić information content (AvgIpc) is 2.03. The van der Waals surface area contributed by atoms with Gasteiger partial charge in [0.15, 0.2) is 0 Å². The van der Waals surface area contributed by atoms with E-state index in [4.69, 9.17) is 5.73 Å². The maximum Gasteiger partial charge on any atom is 0.317 e. The number of nitrogens with zero attached hydrogens (tertiary/aromatic N) is 1. The van der Waals surface area contributed by atoms with Gasteiger partial charge in [0, 0.05) is 13.6 Å². The molecule has 0 aliphatic rings. The van der Waals surface area contributed by atoms with E-state index in [9.17, 15) is 4.79 Å². The smallest absolute Gasteiger partial charge is 0.317 e. The van der Waals surface area contributed by atoms with Crippen LogP contribution in [0.1, 0.15) is 19.8 Å². The molecule has 0 saturated heterocycles. The van der Waals surface area contributed by atoms with Crippen LogP contribution in [0.4, 0.5) is 4.79 Å². The first-order valence-electron chi connectivity index (χ1n) is 4.35. The zero-order valence-corrected chi connectivity index (χ0v) is 8.99. The van der Waals surface area contributed by atoms with Crippen molar-refractivity contribution in [2.45, 2.75) is 19.8 Å². The number of hydrogen-bond acceptors (Lipinski definition) is 2. The number of amides is 2. The van der Waals surface area contributed by atoms with Crippen molar-refractivity contribution in [3.8, 4) is 0 Å². The number of carbonyl (C=O) groups is 1. The summed E-state index contributed by atoms with van der Waals surface area (Å²) in [5, 5.41) is 2.76. The Balaban J connectivity index is 3.63. The van der Waals surface area contributed by atoms with Crippen LogP contribution in [-0.4, -0.2) is 36.1 Å². The van der Waals surface area contributed by atoms with Crippen LogP contribution in [0.25, 0.3) is 0 Å². The zero-order valence-electron chi connectivity index (χ0n) is 8.17. The predicted molar refractivity (Wildman–Crippen MR) is 57.7 cm³/mol. The second-order valence-electron chi connectivity index (χ2n) is 2.91. The Morgan fingerprint density at radius 3 is 2.69 bits per heavy atom. The Morgan fingerprint density at radius 2 is 2.23 bits per heavy atom. The van der Waals surface area contributed by atoms with Gasteiger partial charge in [-0.1, -0.05) is 25.6 Å². The lowest BCUT2D eigenvalue weighted by Gasteiger charge is -2.16. The van der Waals surface area contributed by atoms with Crippen LogP contribution >= 0.6 is 12.2 Å². The molecule has 0 radical (unpaired) electrons. The fraction of sp³-hybridized carbons (Fsp3) is 0.750. The number of likely N-dealkylation sites (N-methyl/N-ethyl adjacent to an activating group) is 1. The summed E-state index contributed by atoms with van der Waals surface area (Å²) in [6, 6.07) is -0.124. The molecule has 0 aromatic rings. The normalized spacial score (nSPS) is 9.38. The van der Waals surface area contributed by atoms with Gasteiger partial charge in [-0.2, -0.15) is 0 Å². The predicted octanol–water partition coefficient (Wildman–Crippen LogP) is 0.714. The highest BCUT2D eigenvalue weighted by Crippen LogP contribution is 1.87. The van der Waals surface area contributed by atoms with Crippen LogP contribution in [0.3, 0.4) is 0 Å². The highest BCUT2D eigenvalue weighted by Gasteiger charge is 2.07. The van der Waals surface area contributed by atoms with Crippen molar-refractivity contribution in [2.24, 2.45) is 5.73 Å². The summed E-state index contributed by atoms with van der Waals surface area (Å²) in [6.45, 7) is 3.11. The molecule has 3 N–H and O–H groups in total. The van der Waals surface area contributed by atoms with E-state index < -0.39 is 0 Å². The van der Waals surface area contributed by atoms with Gasteiger partial charge in [-0.25, -0.2) is 4.79 Å². The van der Waals surface area contributed by atoms with Gasteiger partial charge in [0.25, 0.3) is 0 Å². The Labute approximate surface area is 84.5 Å². The van der Waals surface area contributed by atoms with Gasteiger partial charge in [0.05, 0.1) is 11.5 Å². The molecule has 76 valence electrons. The van der Waals surface area contributed by atoms with Crippen LogP contribution < -0.4 is 11.1 Å². The monoisotopic (exact) mass is 203 g/mol. The number of rotatable bonds is 5. The number of carbonyl (C=O) groups excluding carboxylic acids is 1. The molecule has 0 spiro atoms. The Bertz CT molecular complexity index is 184. The maximum absolute atomic E-state index is 11.3. The van der Waals surface area contributed by atoms with Crippen molar-refractivity contribution in [1.82, 2.24) is 10.2 Å². The number of hydrogen-bond donors (Lipinski definition) is 2. The lowest BCUT2D eigenvalue weighted by atomic mass is 10.3. The summed E-state index contributed by atoms with van der Waals surface area (Å²) in [5.74, 6) is 0. The van der Waals surface area contributed by atoms with Crippen molar-refractivity contribution in [2.75, 3.05) is 20.1 Å². The van der Waals surface area contributed by atoms with Gasteiger partial charge in [0.2, 0.25) is 0 Å². The van der Waals surface area contributed by atoms with E-state index in [1.54, 1.807) is 7.05 Å². The largest absolute Gasteiger partial charge is 0.392 e. The summed E-state index contributed by atoms with van der Waals surface area (Å²) < 4.78 is 0. The van der Waals surface area contributed by atoms with Crippen molar-refractivity contribution >= 4 is 23.2 Å². The number of nitrogens with two attached hydrogens (primary N) is 1. The van der Waals surface area contributed by atoms with Gasteiger partial charge in [0.1, 0.15) is 0 Å². The highest BCUT2D eigenvalue weighted by atomic mass is 32.1. The Morgan fingerprint density at radius 1 is 1.62 bits per heavy atom. The quantitative estimate of drug-likeness (QED) is 0.511. The van der Waals surface area contributed by atoms with Crippen LogP contribution in [-0.2, 0) is 0 Å². The molecule has 0 aromatic carbocycles. The van der Waals surface area contributed by atoms with E-state index in [0.29, 0.717) is 18.1 Å². The molecule has 0 aliphatic heterocycles. The minimum atomic E-state index is -0.124. The SMILES string of the molecule is CCCCNC(=O)N(C)CC(N)=S. The second-order valence-corrected chi connectivity index (χ2v) is 3.43. The Hall–Kier alpha value is -0.840. The summed E-state index contributed by atoms with van der Waals surface area (Å²) in [4.78, 5) is 13.1. The molecule has 0 heterocycles. The third-order valence-corrected chi connectivity index (χ3v) is 1.68. The zero-order chi connectivity index (χ0) is 10.3. The molecule has 0 aliphatic carbocycles. The lowest BCUT2D eigenvalue weighted by molar-refractivity contribution is 0.214. The van der Waals surface area contributed by atoms with Crippen molar-refractivity contribution in [3.63, 3.8) is 0 Å². The van der Waals surface area contributed by atoms with Crippen LogP contribution in [0.15, 0.2) is 0 Å². The molecule has 2 amide bonds. The van der Waals surface area contributed by atoms with E-state index in [1.807, 2.05) is 0 Å². The van der Waals surface area contributed by atoms with E-state index >= 15 is 0 Å². The molecular formula is C8H17N3OS. The molecule has 5 heteroatoms. The molecule has 4 nitrogen and oxygen atoms in total. The third kappa shape index (κ3) is 6.33. The van der Waals surface area contributed by atoms with Crippen LogP contribution in [0, 0.1) is 0 Å². The fourth-order valence-corrected chi connectivity index (χ4v) is 1.01. The van der Waals surface area contributed by atoms with E-state index in [1.165, 1.54) is 4.90 Å². The van der Waals surface area contributed by atoms with Gasteiger partial charge in [-0.3, -0.25) is 0 Å². The standard InChI is InChI=1S/C8H17N3OS/c1-3-4-5-10-8(12)11(2)6-7(9)13/h3-6H2,1-2H3,(H2,9,13)(H,10,12). The maximum atomic E-state index is 11.3. The topological polar surface area (TPSA) is 58.4 Å². The molecule has 0 rings (SSSR count). The first-order chi connectivity index (χ1) is 6.07. The van der Waals surface area contributed by atoms with E-state index in [0.717, 1.165) is 12.8 Å². The van der Waals surface area contributed by atoms with Crippen LogP contribution in [0.5, 0.6) is 0 Å². The molecule has 0 saturated carbocycles. The molecule has 0 aromatic heterocycles. The van der Waals surface area contributed by atoms with Gasteiger partial charge in [-0.15, -0.1) is 0 Å². The first kappa shape index (κ1) is 12.2. The molecule has 13 heavy (non-hydrogen) atoms. The number of nitrogens with one attached hydrogen (secondary N) is 1. The summed E-state index contributed by atoms with van der Waals surface area (Å²) in [7, 11) is 1.67. The average molecular weight is 203 g/mol. The fourth-order valence-electron chi connectivity index (χ4n) is 0.813. The molecule has 0 unspecified atom stereocenters. The molecule has 0 bridgehead atoms. The Kier molecular flexibility index (Phi) is 6.22. The first-order valence-corrected chi connectivity index (χ1v) is 4.76. The molecular weight excluding hydrogens is 186 g/mol. The molecule has 0 fully saturated rings. The molecule has 0 atom stereocenters.